The number of fused-ring (bicyclic) bond motifs is 2. The van der Waals surface area contributed by atoms with Crippen molar-refractivity contribution in [2.45, 2.75) is 55.3 Å². The second-order valence-electron chi connectivity index (χ2n) is 9.04. The number of nitrogens with one attached hydrogen (secondary N) is 1. The number of carbonyl (C=O) groups excluding carboxylic acids is 2. The fraction of sp³-hybridized carbons (Fsp3) is 0.600. The number of anilines is 1. The maximum Gasteiger partial charge on any atom is 0.327 e. The van der Waals surface area contributed by atoms with Crippen molar-refractivity contribution in [3.8, 4) is 0 Å². The highest BCUT2D eigenvalue weighted by molar-refractivity contribution is 8.01. The molecule has 5 rings (SSSR count). The quantitative estimate of drug-likeness (QED) is 0.463. The maximum absolute atomic E-state index is 13.2. The molecule has 5 unspecified atom stereocenters. The molecule has 0 spiro atoms. The number of amides is 2. The van der Waals surface area contributed by atoms with Crippen LogP contribution in [0.2, 0.25) is 0 Å². The van der Waals surface area contributed by atoms with Crippen LogP contribution in [0.15, 0.2) is 11.5 Å². The molecule has 2 amide bonds. The summed E-state index contributed by atoms with van der Waals surface area (Å²) in [5.41, 5.74) is 6.79. The van der Waals surface area contributed by atoms with Gasteiger partial charge in [-0.15, -0.1) is 23.1 Å². The Bertz CT molecular complexity index is 964. The van der Waals surface area contributed by atoms with Gasteiger partial charge < -0.3 is 21.1 Å². The number of carboxylic acid groups (broad SMARTS) is 1. The van der Waals surface area contributed by atoms with Gasteiger partial charge in [0.25, 0.3) is 5.91 Å². The van der Waals surface area contributed by atoms with E-state index in [2.05, 4.69) is 10.3 Å². The molecule has 2 aliphatic heterocycles. The van der Waals surface area contributed by atoms with Crippen LogP contribution in [0.5, 0.6) is 0 Å². The maximum atomic E-state index is 13.2. The number of hydrogen-bond acceptors (Lipinski definition) is 7. The lowest BCUT2D eigenvalue weighted by Crippen LogP contribution is -2.70. The third-order valence-electron chi connectivity index (χ3n) is 6.84. The zero-order valence-corrected chi connectivity index (χ0v) is 18.3. The highest BCUT2D eigenvalue weighted by Gasteiger charge is 2.64. The van der Waals surface area contributed by atoms with Gasteiger partial charge in [-0.05, 0) is 44.4 Å². The summed E-state index contributed by atoms with van der Waals surface area (Å²) in [4.78, 5) is 43.3. The third-order valence-corrected chi connectivity index (χ3v) is 9.08. The molecule has 4 fully saturated rings. The summed E-state index contributed by atoms with van der Waals surface area (Å²) >= 11 is 2.69. The molecule has 4 N–H and O–H groups in total. The van der Waals surface area contributed by atoms with Gasteiger partial charge in [0.2, 0.25) is 5.91 Å². The highest BCUT2D eigenvalue weighted by Crippen LogP contribution is 2.59. The van der Waals surface area contributed by atoms with Gasteiger partial charge in [-0.25, -0.2) is 9.78 Å². The van der Waals surface area contributed by atoms with Crippen LogP contribution in [0.25, 0.3) is 5.57 Å². The number of allylic oxidation sites excluding steroid dienone is 1. The van der Waals surface area contributed by atoms with Gasteiger partial charge in [0.05, 0.1) is 11.3 Å². The Balaban J connectivity index is 1.36. The van der Waals surface area contributed by atoms with Gasteiger partial charge in [0.15, 0.2) is 5.13 Å². The number of carbonyl (C=O) groups is 3. The van der Waals surface area contributed by atoms with Crippen molar-refractivity contribution in [1.82, 2.24) is 15.2 Å². The van der Waals surface area contributed by atoms with Crippen LogP contribution in [0.4, 0.5) is 5.13 Å². The fourth-order valence-corrected chi connectivity index (χ4v) is 7.56. The van der Waals surface area contributed by atoms with Gasteiger partial charge in [-0.2, -0.15) is 0 Å². The van der Waals surface area contributed by atoms with Crippen molar-refractivity contribution in [3.05, 3.63) is 17.2 Å². The topological polar surface area (TPSA) is 126 Å². The number of aliphatic carboxylic acids is 1. The number of nitrogens with zero attached hydrogens (tertiary/aromatic N) is 2. The fourth-order valence-electron chi connectivity index (χ4n) is 5.37. The molecule has 3 heterocycles. The summed E-state index contributed by atoms with van der Waals surface area (Å²) in [6.45, 7) is 3.63. The lowest BCUT2D eigenvalue weighted by molar-refractivity contribution is -0.160. The van der Waals surface area contributed by atoms with E-state index in [4.69, 9.17) is 5.73 Å². The normalized spacial score (nSPS) is 36.1. The second kappa shape index (κ2) is 6.71. The largest absolute Gasteiger partial charge is 0.480 e. The molecule has 0 radical (unpaired) electrons. The average molecular weight is 449 g/mol. The number of β-lactam (4-membered cyclic amide) rings is 1. The highest BCUT2D eigenvalue weighted by atomic mass is 32.2. The Morgan fingerprint density at radius 3 is 2.67 bits per heavy atom. The molecule has 30 heavy (non-hydrogen) atoms. The molecule has 1 aromatic heterocycles. The molecule has 1 aromatic rings. The van der Waals surface area contributed by atoms with E-state index in [1.807, 2.05) is 19.9 Å². The molecular weight excluding hydrogens is 424 g/mol. The van der Waals surface area contributed by atoms with E-state index in [0.717, 1.165) is 0 Å². The number of thiazole rings is 1. The zero-order valence-electron chi connectivity index (χ0n) is 16.7. The first-order valence-electron chi connectivity index (χ1n) is 10.2. The Hall–Kier alpha value is -2.07. The van der Waals surface area contributed by atoms with E-state index < -0.39 is 22.8 Å². The number of rotatable bonds is 5. The van der Waals surface area contributed by atoms with Crippen LogP contribution < -0.4 is 11.1 Å². The predicted molar refractivity (Wildman–Crippen MR) is 114 cm³/mol. The van der Waals surface area contributed by atoms with Crippen LogP contribution in [0.1, 0.15) is 38.8 Å². The van der Waals surface area contributed by atoms with Crippen molar-refractivity contribution >= 4 is 51.6 Å². The second-order valence-corrected chi connectivity index (χ2v) is 11.7. The average Bonchev–Trinajstić information content (AvgIpc) is 3.06. The molecule has 2 saturated heterocycles. The zero-order chi connectivity index (χ0) is 21.4. The SMILES string of the molecule is CC1(C)SC2C(NC(=O)/C(=C/C3C4CCCC34)c3csc(N)n3)C(=O)N2C1C(=O)O. The first kappa shape index (κ1) is 19.9. The molecule has 2 saturated carbocycles. The van der Waals surface area contributed by atoms with E-state index in [0.29, 0.717) is 34.2 Å². The van der Waals surface area contributed by atoms with Gasteiger partial charge >= 0.3 is 5.97 Å². The summed E-state index contributed by atoms with van der Waals surface area (Å²) in [6, 6.07) is -1.63. The number of carboxylic acids is 1. The smallest absolute Gasteiger partial charge is 0.327 e. The van der Waals surface area contributed by atoms with Crippen LogP contribution in [0.3, 0.4) is 0 Å². The van der Waals surface area contributed by atoms with Gasteiger partial charge in [0, 0.05) is 10.1 Å². The Labute approximate surface area is 182 Å². The summed E-state index contributed by atoms with van der Waals surface area (Å²) in [7, 11) is 0. The molecule has 10 heteroatoms. The number of thioether (sulfide) groups is 1. The Kier molecular flexibility index (Phi) is 4.45. The molecule has 0 aromatic carbocycles. The van der Waals surface area contributed by atoms with E-state index >= 15 is 0 Å². The standard InChI is InChI=1S/C20H24N4O4S2/c1-20(2)14(18(27)28)24-16(26)13(17(24)30-20)23-15(25)11(12-7-29-19(21)22-12)6-10-8-4-3-5-9(8)10/h6-10,13-14,17H,3-5H2,1-2H3,(H2,21,22)(H,23,25)(H,27,28)/b11-6+. The van der Waals surface area contributed by atoms with Gasteiger partial charge in [-0.1, -0.05) is 12.5 Å². The molecular formula is C20H24N4O4S2. The van der Waals surface area contributed by atoms with Crippen molar-refractivity contribution in [2.75, 3.05) is 5.73 Å². The lowest BCUT2D eigenvalue weighted by Gasteiger charge is -2.43. The van der Waals surface area contributed by atoms with Crippen molar-refractivity contribution in [1.29, 1.82) is 0 Å². The monoisotopic (exact) mass is 448 g/mol. The summed E-state index contributed by atoms with van der Waals surface area (Å²) in [5.74, 6) is -0.0434. The minimum Gasteiger partial charge on any atom is -0.480 e. The van der Waals surface area contributed by atoms with Crippen molar-refractivity contribution < 1.29 is 19.5 Å². The minimum atomic E-state index is -1.02. The third kappa shape index (κ3) is 2.95. The first-order valence-corrected chi connectivity index (χ1v) is 11.9. The van der Waals surface area contributed by atoms with Crippen molar-refractivity contribution in [2.24, 2.45) is 17.8 Å². The molecule has 8 nitrogen and oxygen atoms in total. The Morgan fingerprint density at radius 2 is 2.07 bits per heavy atom. The minimum absolute atomic E-state index is 0.347. The van der Waals surface area contributed by atoms with Crippen LogP contribution in [-0.2, 0) is 14.4 Å². The first-order chi connectivity index (χ1) is 14.2. The molecule has 0 bridgehead atoms. The van der Waals surface area contributed by atoms with Gasteiger partial charge in [-0.3, -0.25) is 9.59 Å². The van der Waals surface area contributed by atoms with Crippen molar-refractivity contribution in [3.63, 3.8) is 0 Å². The lowest BCUT2D eigenvalue weighted by atomic mass is 9.95. The number of aromatic nitrogens is 1. The molecule has 4 aliphatic rings. The number of hydrogen-bond donors (Lipinski definition) is 3. The summed E-state index contributed by atoms with van der Waals surface area (Å²) in [6.07, 6.45) is 5.64. The van der Waals surface area contributed by atoms with Crippen LogP contribution in [-0.4, -0.2) is 55.0 Å². The number of nitrogen functional groups attached to an aromatic ring is 1. The van der Waals surface area contributed by atoms with E-state index in [9.17, 15) is 19.5 Å². The molecule has 5 atom stereocenters. The summed E-state index contributed by atoms with van der Waals surface area (Å²) < 4.78 is -0.626. The van der Waals surface area contributed by atoms with E-state index in [1.165, 1.54) is 47.3 Å². The predicted octanol–water partition coefficient (Wildman–Crippen LogP) is 1.79. The van der Waals surface area contributed by atoms with E-state index in [1.54, 1.807) is 5.38 Å². The molecule has 2 aliphatic carbocycles. The van der Waals surface area contributed by atoms with Crippen LogP contribution >= 0.6 is 23.1 Å². The van der Waals surface area contributed by atoms with Crippen LogP contribution in [0, 0.1) is 17.8 Å². The van der Waals surface area contributed by atoms with E-state index in [-0.39, 0.29) is 17.2 Å². The Morgan fingerprint density at radius 1 is 1.37 bits per heavy atom. The summed E-state index contributed by atoms with van der Waals surface area (Å²) in [5, 5.41) is 14.2. The number of nitrogens with two attached hydrogens (primary N) is 1. The van der Waals surface area contributed by atoms with Gasteiger partial charge in [0.1, 0.15) is 17.5 Å². The molecule has 160 valence electrons.